The van der Waals surface area contributed by atoms with Gasteiger partial charge in [-0.1, -0.05) is 24.3 Å². The Morgan fingerprint density at radius 2 is 0.808 bits per heavy atom. The number of hydrogen-bond acceptors (Lipinski definition) is 20. The first-order valence-electron chi connectivity index (χ1n) is 24.8. The Hall–Kier alpha value is -7.80. The topological polar surface area (TPSA) is 262 Å². The molecule has 0 radical (unpaired) electrons. The Labute approximate surface area is 454 Å². The second-order valence-corrected chi connectivity index (χ2v) is 22.6. The molecule has 0 saturated carbocycles. The highest BCUT2D eigenvalue weighted by molar-refractivity contribution is 7.91. The van der Waals surface area contributed by atoms with Crippen LogP contribution < -0.4 is 18.9 Å². The van der Waals surface area contributed by atoms with Crippen LogP contribution in [0.15, 0.2) is 97.6 Å². The minimum absolute atomic E-state index is 0.174. The van der Waals surface area contributed by atoms with Crippen molar-refractivity contribution in [2.45, 2.75) is 89.6 Å². The predicted molar refractivity (Wildman–Crippen MR) is 291 cm³/mol. The Kier molecular flexibility index (Phi) is 19.0. The molecule has 0 aliphatic heterocycles. The van der Waals surface area contributed by atoms with Crippen LogP contribution in [0.4, 0.5) is 0 Å². The summed E-state index contributed by atoms with van der Waals surface area (Å²) in [6.07, 6.45) is 4.64. The van der Waals surface area contributed by atoms with Crippen molar-refractivity contribution in [2.75, 3.05) is 41.7 Å². The molecule has 22 nitrogen and oxygen atoms in total. The molecule has 6 heterocycles. The third-order valence-corrected chi connectivity index (χ3v) is 16.6. The van der Waals surface area contributed by atoms with Gasteiger partial charge in [0.25, 0.3) is 0 Å². The van der Waals surface area contributed by atoms with Gasteiger partial charge < -0.3 is 28.4 Å². The van der Waals surface area contributed by atoms with E-state index in [-0.39, 0.29) is 11.6 Å². The normalized spacial score (nSPS) is 13.2. The fourth-order valence-corrected chi connectivity index (χ4v) is 11.2. The van der Waals surface area contributed by atoms with Crippen LogP contribution in [0.25, 0.3) is 34.4 Å². The molecule has 0 N–H and O–H groups in total. The maximum atomic E-state index is 13.9. The second-order valence-electron chi connectivity index (χ2n) is 17.8. The molecule has 4 atom stereocenters. The van der Waals surface area contributed by atoms with E-state index in [1.165, 1.54) is 28.4 Å². The van der Waals surface area contributed by atoms with Crippen molar-refractivity contribution in [1.29, 1.82) is 0 Å². The van der Waals surface area contributed by atoms with Crippen molar-refractivity contribution in [2.24, 2.45) is 0 Å². The lowest BCUT2D eigenvalue weighted by Crippen LogP contribution is -2.30. The maximum Gasteiger partial charge on any atom is 0.187 e. The largest absolute Gasteiger partial charge is 0.494 e. The molecule has 0 unspecified atom stereocenters. The van der Waals surface area contributed by atoms with E-state index in [2.05, 4.69) is 50.3 Å². The van der Waals surface area contributed by atoms with E-state index in [0.717, 1.165) is 22.8 Å². The van der Waals surface area contributed by atoms with Gasteiger partial charge in [-0.15, -0.1) is 20.4 Å². The SMILES string of the molecule is CCO[C@@H](c1cnc(C)cn1)[C@@H](C)S(=O)(=O)Cc1nnc(-c2cccc(C)n2)n1-c1c(OC)cccc1OC.CCO[C@H](c1cnc(C)cn1)[C@H](C)S(=O)(=O)Cc1nnc(-c2cccc(C)n2)n1-c1c(OC)cccc1OC. The number of pyridine rings is 2. The van der Waals surface area contributed by atoms with Gasteiger partial charge in [0.2, 0.25) is 0 Å². The molecule has 0 bridgehead atoms. The molecule has 0 aliphatic carbocycles. The highest BCUT2D eigenvalue weighted by Crippen LogP contribution is 2.39. The quantitative estimate of drug-likeness (QED) is 0.0630. The first kappa shape index (κ1) is 57.9. The summed E-state index contributed by atoms with van der Waals surface area (Å²) in [5.74, 6) is 2.01. The molecule has 0 amide bonds. The fraction of sp³-hybridized carbons (Fsp3) is 0.370. The van der Waals surface area contributed by atoms with Gasteiger partial charge in [0.05, 0.1) is 74.1 Å². The zero-order valence-electron chi connectivity index (χ0n) is 45.6. The van der Waals surface area contributed by atoms with Gasteiger partial charge >= 0.3 is 0 Å². The lowest BCUT2D eigenvalue weighted by molar-refractivity contribution is 0.0585. The summed E-state index contributed by atoms with van der Waals surface area (Å²) in [7, 11) is -1.60. The van der Waals surface area contributed by atoms with Crippen LogP contribution in [0.5, 0.6) is 23.0 Å². The molecular formula is C54H64N12O10S2. The summed E-state index contributed by atoms with van der Waals surface area (Å²) in [6, 6.07) is 21.6. The van der Waals surface area contributed by atoms with E-state index in [4.69, 9.17) is 28.4 Å². The second kappa shape index (κ2) is 25.6. The van der Waals surface area contributed by atoms with Crippen molar-refractivity contribution in [1.82, 2.24) is 59.4 Å². The Morgan fingerprint density at radius 3 is 1.10 bits per heavy atom. The highest BCUT2D eigenvalue weighted by Gasteiger charge is 2.37. The van der Waals surface area contributed by atoms with E-state index in [1.54, 1.807) is 110 Å². The molecule has 0 saturated heterocycles. The molecule has 6 aromatic heterocycles. The van der Waals surface area contributed by atoms with Gasteiger partial charge in [-0.05, 0) is 104 Å². The summed E-state index contributed by atoms with van der Waals surface area (Å²) < 4.78 is 93.0. The lowest BCUT2D eigenvalue weighted by atomic mass is 10.2. The summed E-state index contributed by atoms with van der Waals surface area (Å²) in [6.45, 7) is 14.8. The standard InChI is InChI=1S/2C27H32N6O5S/c2*1-7-38-26(21-15-28-18(3)14-29-21)19(4)39(34,35)16-24-31-32-27(20-11-8-10-17(2)30-20)33(24)25-22(36-5)12-9-13-23(25)37-6/h2*8-15,19,26H,7,16H2,1-6H3/t2*19-,26-/m10/s1. The van der Waals surface area contributed by atoms with E-state index in [0.29, 0.717) is 82.0 Å². The number of sulfone groups is 2. The minimum Gasteiger partial charge on any atom is -0.494 e. The molecule has 0 fully saturated rings. The minimum atomic E-state index is -3.86. The number of benzene rings is 2. The zero-order valence-corrected chi connectivity index (χ0v) is 47.3. The molecule has 0 aliphatic rings. The molecule has 78 heavy (non-hydrogen) atoms. The Bertz CT molecular complexity index is 3270. The summed E-state index contributed by atoms with van der Waals surface area (Å²) in [5, 5.41) is 15.5. The van der Waals surface area contributed by atoms with Crippen LogP contribution in [0.2, 0.25) is 0 Å². The van der Waals surface area contributed by atoms with Gasteiger partial charge in [-0.3, -0.25) is 29.1 Å². The van der Waals surface area contributed by atoms with Crippen LogP contribution in [0.3, 0.4) is 0 Å². The molecule has 8 rings (SSSR count). The van der Waals surface area contributed by atoms with Gasteiger partial charge in [-0.25, -0.2) is 26.8 Å². The van der Waals surface area contributed by atoms with Crippen LogP contribution in [0, 0.1) is 27.7 Å². The lowest BCUT2D eigenvalue weighted by Gasteiger charge is -2.23. The third-order valence-electron chi connectivity index (χ3n) is 12.5. The molecule has 0 spiro atoms. The van der Waals surface area contributed by atoms with Crippen LogP contribution in [0.1, 0.15) is 85.7 Å². The Balaban J connectivity index is 0.000000226. The van der Waals surface area contributed by atoms with Crippen molar-refractivity contribution in [3.8, 4) is 57.4 Å². The van der Waals surface area contributed by atoms with E-state index >= 15 is 0 Å². The summed E-state index contributed by atoms with van der Waals surface area (Å²) in [4.78, 5) is 26.5. The molecule has 2 aromatic carbocycles. The van der Waals surface area contributed by atoms with Gasteiger partial charge in [0.15, 0.2) is 43.0 Å². The number of ether oxygens (including phenoxy) is 6. The summed E-state index contributed by atoms with van der Waals surface area (Å²) in [5.41, 5.74) is 5.85. The number of nitrogens with zero attached hydrogens (tertiary/aromatic N) is 12. The van der Waals surface area contributed by atoms with Gasteiger partial charge in [-0.2, -0.15) is 0 Å². The third kappa shape index (κ3) is 13.0. The maximum absolute atomic E-state index is 13.9. The number of methoxy groups -OCH3 is 4. The van der Waals surface area contributed by atoms with E-state index in [1.807, 2.05) is 52.0 Å². The van der Waals surface area contributed by atoms with E-state index in [9.17, 15) is 16.8 Å². The highest BCUT2D eigenvalue weighted by atomic mass is 32.2. The number of hydrogen-bond donors (Lipinski definition) is 0. The number of aryl methyl sites for hydroxylation is 4. The number of aromatic nitrogens is 12. The van der Waals surface area contributed by atoms with Crippen LogP contribution >= 0.6 is 0 Å². The van der Waals surface area contributed by atoms with Crippen LogP contribution in [-0.4, -0.2) is 128 Å². The zero-order chi connectivity index (χ0) is 56.3. The smallest absolute Gasteiger partial charge is 0.187 e. The van der Waals surface area contributed by atoms with Crippen molar-refractivity contribution in [3.05, 3.63) is 143 Å². The van der Waals surface area contributed by atoms with Crippen molar-refractivity contribution in [3.63, 3.8) is 0 Å². The predicted octanol–water partition coefficient (Wildman–Crippen LogP) is 7.67. The average molecular weight is 1110 g/mol. The molecular weight excluding hydrogens is 1040 g/mol. The molecule has 8 aromatic rings. The fourth-order valence-electron chi connectivity index (χ4n) is 8.44. The number of para-hydroxylation sites is 2. The first-order valence-corrected chi connectivity index (χ1v) is 28.3. The van der Waals surface area contributed by atoms with Crippen molar-refractivity contribution >= 4 is 19.7 Å². The van der Waals surface area contributed by atoms with Gasteiger partial charge in [0.1, 0.15) is 69.5 Å². The van der Waals surface area contributed by atoms with E-state index < -0.39 is 53.9 Å². The van der Waals surface area contributed by atoms with Gasteiger partial charge in [0, 0.05) is 37.0 Å². The first-order chi connectivity index (χ1) is 37.4. The van der Waals surface area contributed by atoms with Crippen molar-refractivity contribution < 1.29 is 45.3 Å². The Morgan fingerprint density at radius 1 is 0.462 bits per heavy atom. The average Bonchev–Trinajstić information content (AvgIpc) is 4.04. The molecule has 24 heteroatoms. The number of rotatable bonds is 22. The summed E-state index contributed by atoms with van der Waals surface area (Å²) >= 11 is 0. The molecule has 412 valence electrons. The van der Waals surface area contributed by atoms with Crippen LogP contribution in [-0.2, 0) is 40.7 Å². The monoisotopic (exact) mass is 1100 g/mol.